The van der Waals surface area contributed by atoms with Crippen LogP contribution in [0.3, 0.4) is 0 Å². The van der Waals surface area contributed by atoms with E-state index in [1.807, 2.05) is 18.5 Å². The fourth-order valence-electron chi connectivity index (χ4n) is 5.24. The van der Waals surface area contributed by atoms with Gasteiger partial charge in [-0.2, -0.15) is 0 Å². The Hall–Kier alpha value is -2.42. The Morgan fingerprint density at radius 1 is 1.11 bits per heavy atom. The number of hydrogen-bond donors (Lipinski definition) is 2. The molecular formula is C27H36FN5OS. The number of nitrogens with one attached hydrogen (secondary N) is 2. The quantitative estimate of drug-likeness (QED) is 0.398. The maximum Gasteiger partial charge on any atom is 0.168 e. The van der Waals surface area contributed by atoms with Crippen LogP contribution in [-0.4, -0.2) is 53.6 Å². The van der Waals surface area contributed by atoms with Crippen LogP contribution in [-0.2, 0) is 11.3 Å². The Morgan fingerprint density at radius 2 is 1.80 bits per heavy atom. The third-order valence-corrected chi connectivity index (χ3v) is 7.48. The van der Waals surface area contributed by atoms with Crippen molar-refractivity contribution in [3.63, 3.8) is 0 Å². The van der Waals surface area contributed by atoms with Crippen LogP contribution in [0.5, 0.6) is 0 Å². The lowest BCUT2D eigenvalue weighted by molar-refractivity contribution is 0.109. The number of halogens is 1. The summed E-state index contributed by atoms with van der Waals surface area (Å²) >= 11 is 1.59. The molecule has 0 atom stereocenters. The predicted molar refractivity (Wildman–Crippen MR) is 142 cm³/mol. The van der Waals surface area contributed by atoms with Crippen molar-refractivity contribution >= 4 is 17.6 Å². The first-order valence-electron chi connectivity index (χ1n) is 12.0. The highest BCUT2D eigenvalue weighted by Gasteiger charge is 2.44. The van der Waals surface area contributed by atoms with E-state index in [4.69, 9.17) is 9.72 Å². The van der Waals surface area contributed by atoms with Crippen LogP contribution in [0, 0.1) is 16.6 Å². The summed E-state index contributed by atoms with van der Waals surface area (Å²) in [7, 11) is 1.70. The highest BCUT2D eigenvalue weighted by atomic mass is 32.2. The predicted octanol–water partition coefficient (Wildman–Crippen LogP) is 5.56. The smallest absolute Gasteiger partial charge is 0.168 e. The summed E-state index contributed by atoms with van der Waals surface area (Å²) < 4.78 is 21.3. The maximum absolute atomic E-state index is 13.7. The molecule has 0 bridgehead atoms. The number of piperidine rings is 1. The number of ether oxygens (including phenoxy) is 1. The highest BCUT2D eigenvalue weighted by molar-refractivity contribution is 7.98. The van der Waals surface area contributed by atoms with Gasteiger partial charge in [0.1, 0.15) is 11.6 Å². The highest BCUT2D eigenvalue weighted by Crippen LogP contribution is 2.40. The molecule has 0 spiro atoms. The van der Waals surface area contributed by atoms with Crippen LogP contribution in [0.4, 0.5) is 10.2 Å². The number of methoxy groups -OCH3 is 1. The van der Waals surface area contributed by atoms with E-state index in [2.05, 4.69) is 53.9 Å². The number of nitrogens with zero attached hydrogens (tertiary/aromatic N) is 3. The van der Waals surface area contributed by atoms with Crippen molar-refractivity contribution in [2.45, 2.75) is 45.4 Å². The number of aromatic nitrogens is 3. The first-order chi connectivity index (χ1) is 16.7. The Morgan fingerprint density at radius 3 is 2.43 bits per heavy atom. The molecule has 1 aromatic carbocycles. The molecule has 35 heavy (non-hydrogen) atoms. The van der Waals surface area contributed by atoms with E-state index in [1.54, 1.807) is 31.0 Å². The lowest BCUT2D eigenvalue weighted by atomic mass is 9.67. The van der Waals surface area contributed by atoms with Gasteiger partial charge in [-0.1, -0.05) is 39.5 Å². The van der Waals surface area contributed by atoms with Crippen LogP contribution in [0.1, 0.15) is 27.7 Å². The summed E-state index contributed by atoms with van der Waals surface area (Å²) in [5.41, 5.74) is 3.81. The molecule has 188 valence electrons. The van der Waals surface area contributed by atoms with Gasteiger partial charge in [0.25, 0.3) is 0 Å². The molecule has 0 amide bonds. The second-order valence-electron chi connectivity index (χ2n) is 10.5. The van der Waals surface area contributed by atoms with Crippen molar-refractivity contribution in [1.29, 1.82) is 0 Å². The monoisotopic (exact) mass is 497 g/mol. The van der Waals surface area contributed by atoms with E-state index in [0.29, 0.717) is 13.2 Å². The minimum atomic E-state index is -0.262. The molecule has 1 aliphatic heterocycles. The van der Waals surface area contributed by atoms with Gasteiger partial charge < -0.3 is 19.9 Å². The molecule has 0 radical (unpaired) electrons. The Bertz CT molecular complexity index is 1140. The van der Waals surface area contributed by atoms with E-state index in [-0.39, 0.29) is 22.7 Å². The zero-order valence-electron chi connectivity index (χ0n) is 21.5. The second-order valence-corrected chi connectivity index (χ2v) is 11.3. The fourth-order valence-corrected chi connectivity index (χ4v) is 5.83. The number of hydrogen-bond acceptors (Lipinski definition) is 6. The molecule has 3 heterocycles. The first kappa shape index (κ1) is 25.7. The third kappa shape index (κ3) is 5.39. The summed E-state index contributed by atoms with van der Waals surface area (Å²) in [5.74, 6) is 0.576. The van der Waals surface area contributed by atoms with E-state index in [0.717, 1.165) is 46.6 Å². The lowest BCUT2D eigenvalue weighted by Crippen LogP contribution is -2.59. The van der Waals surface area contributed by atoms with Gasteiger partial charge in [-0.25, -0.2) is 14.4 Å². The lowest BCUT2D eigenvalue weighted by Gasteiger charge is -2.50. The van der Waals surface area contributed by atoms with Gasteiger partial charge in [0, 0.05) is 50.1 Å². The Kier molecular flexibility index (Phi) is 7.54. The normalized spacial score (nSPS) is 17.5. The molecule has 2 aromatic heterocycles. The van der Waals surface area contributed by atoms with Gasteiger partial charge in [0.15, 0.2) is 5.16 Å². The maximum atomic E-state index is 13.7. The summed E-state index contributed by atoms with van der Waals surface area (Å²) in [5, 5.41) is 8.22. The van der Waals surface area contributed by atoms with E-state index < -0.39 is 0 Å². The van der Waals surface area contributed by atoms with Crippen molar-refractivity contribution in [1.82, 2.24) is 19.9 Å². The van der Waals surface area contributed by atoms with Crippen LogP contribution in [0.15, 0.2) is 47.8 Å². The second kappa shape index (κ2) is 10.3. The number of imidazole rings is 1. The van der Waals surface area contributed by atoms with Gasteiger partial charge in [0.05, 0.1) is 18.0 Å². The summed E-state index contributed by atoms with van der Waals surface area (Å²) in [6.45, 7) is 12.3. The molecule has 3 aromatic rings. The molecule has 6 nitrogen and oxygen atoms in total. The number of thioether (sulfide) groups is 1. The van der Waals surface area contributed by atoms with Crippen molar-refractivity contribution in [2.75, 3.05) is 38.4 Å². The zero-order chi connectivity index (χ0) is 25.2. The molecule has 2 N–H and O–H groups in total. The summed E-state index contributed by atoms with van der Waals surface area (Å²) in [6.07, 6.45) is 3.87. The molecule has 1 saturated heterocycles. The average Bonchev–Trinajstić information content (AvgIpc) is 3.19. The van der Waals surface area contributed by atoms with Gasteiger partial charge in [-0.15, -0.1) is 0 Å². The largest absolute Gasteiger partial charge is 0.383 e. The van der Waals surface area contributed by atoms with Crippen LogP contribution in [0.25, 0.3) is 22.5 Å². The van der Waals surface area contributed by atoms with Crippen molar-refractivity contribution in [3.8, 4) is 22.5 Å². The number of pyridine rings is 1. The van der Waals surface area contributed by atoms with E-state index >= 15 is 0 Å². The first-order valence-corrected chi connectivity index (χ1v) is 13.2. The molecule has 8 heteroatoms. The van der Waals surface area contributed by atoms with Gasteiger partial charge in [0.2, 0.25) is 0 Å². The molecule has 1 fully saturated rings. The van der Waals surface area contributed by atoms with Gasteiger partial charge >= 0.3 is 0 Å². The van der Waals surface area contributed by atoms with Crippen LogP contribution < -0.4 is 10.6 Å². The third-order valence-electron chi connectivity index (χ3n) is 6.80. The molecule has 4 rings (SSSR count). The average molecular weight is 498 g/mol. The van der Waals surface area contributed by atoms with E-state index in [9.17, 15) is 4.39 Å². The minimum absolute atomic E-state index is 0.0605. The molecule has 1 aliphatic rings. The molecule has 0 aliphatic carbocycles. The van der Waals surface area contributed by atoms with Crippen molar-refractivity contribution in [3.05, 3.63) is 48.4 Å². The summed E-state index contributed by atoms with van der Waals surface area (Å²) in [4.78, 5) is 9.63. The molecular weight excluding hydrogens is 461 g/mol. The van der Waals surface area contributed by atoms with Crippen molar-refractivity contribution in [2.24, 2.45) is 10.8 Å². The summed E-state index contributed by atoms with van der Waals surface area (Å²) in [6, 6.07) is 10.9. The standard InChI is InChI=1S/C27H36FN5OS/c1-26(2)16-29-17-27(3,4)24(26)31-21-15-19(11-12-30-21)23-22(18-7-9-20(28)10-8-18)32-25(35-6)33(23)13-14-34-5/h7-12,15,24,29H,13-14,16-17H2,1-6H3,(H,30,31). The van der Waals surface area contributed by atoms with Gasteiger partial charge in [-0.05, 0) is 53.5 Å². The SMILES string of the molecule is COCCn1c(SC)nc(-c2ccc(F)cc2)c1-c1ccnc(NC2C(C)(C)CNCC2(C)C)c1. The number of benzene rings is 1. The minimum Gasteiger partial charge on any atom is -0.383 e. The Labute approximate surface area is 212 Å². The zero-order valence-corrected chi connectivity index (χ0v) is 22.3. The number of rotatable bonds is 8. The van der Waals surface area contributed by atoms with Crippen molar-refractivity contribution < 1.29 is 9.13 Å². The number of anilines is 1. The van der Waals surface area contributed by atoms with Gasteiger partial charge in [-0.3, -0.25) is 0 Å². The Balaban J connectivity index is 1.80. The molecule has 0 unspecified atom stereocenters. The fraction of sp³-hybridized carbons (Fsp3) is 0.481. The van der Waals surface area contributed by atoms with E-state index in [1.165, 1.54) is 12.1 Å². The molecule has 0 saturated carbocycles. The van der Waals surface area contributed by atoms with Crippen LogP contribution in [0.2, 0.25) is 0 Å². The van der Waals surface area contributed by atoms with Crippen LogP contribution >= 0.6 is 11.8 Å². The topological polar surface area (TPSA) is 64.0 Å².